The van der Waals surface area contributed by atoms with Crippen molar-refractivity contribution in [3.8, 4) is 0 Å². The Morgan fingerprint density at radius 2 is 2.00 bits per heavy atom. The maximum Gasteiger partial charge on any atom is 0.0146 e. The molecule has 0 fully saturated rings. The lowest BCUT2D eigenvalue weighted by molar-refractivity contribution is 0.638. The van der Waals surface area contributed by atoms with Gasteiger partial charge in [-0.25, -0.2) is 0 Å². The highest BCUT2D eigenvalue weighted by atomic mass is 14.3. The van der Waals surface area contributed by atoms with Gasteiger partial charge in [-0.3, -0.25) is 0 Å². The van der Waals surface area contributed by atoms with Crippen molar-refractivity contribution in [3.63, 3.8) is 0 Å². The highest BCUT2D eigenvalue weighted by Gasteiger charge is 2.23. The summed E-state index contributed by atoms with van der Waals surface area (Å²) in [4.78, 5) is 0. The molecule has 0 spiro atoms. The van der Waals surface area contributed by atoms with Gasteiger partial charge in [0, 0.05) is 5.41 Å². The maximum atomic E-state index is 3.90. The summed E-state index contributed by atoms with van der Waals surface area (Å²) in [7, 11) is 0. The zero-order valence-corrected chi connectivity index (χ0v) is 11.2. The third-order valence-electron chi connectivity index (χ3n) is 3.30. The van der Waals surface area contributed by atoms with Crippen molar-refractivity contribution in [2.45, 2.75) is 32.6 Å². The van der Waals surface area contributed by atoms with E-state index < -0.39 is 0 Å². The van der Waals surface area contributed by atoms with Crippen LogP contribution in [-0.2, 0) is 11.8 Å². The molecule has 0 aliphatic heterocycles. The van der Waals surface area contributed by atoms with E-state index in [1.54, 1.807) is 0 Å². The van der Waals surface area contributed by atoms with Gasteiger partial charge < -0.3 is 0 Å². The molecule has 0 saturated carbocycles. The smallest absolute Gasteiger partial charge is 0.0146 e. The van der Waals surface area contributed by atoms with Crippen LogP contribution in [0.2, 0.25) is 0 Å². The largest absolute Gasteiger partial charge is 0.0991 e. The molecule has 0 heterocycles. The molecular formula is C17H22. The first kappa shape index (κ1) is 13.5. The van der Waals surface area contributed by atoms with Gasteiger partial charge in [-0.2, -0.15) is 0 Å². The van der Waals surface area contributed by atoms with Crippen molar-refractivity contribution in [1.29, 1.82) is 0 Å². The molecule has 0 aromatic heterocycles. The van der Waals surface area contributed by atoms with Crippen LogP contribution in [0.1, 0.15) is 31.9 Å². The summed E-state index contributed by atoms with van der Waals surface area (Å²) in [6.45, 7) is 14.3. The Morgan fingerprint density at radius 1 is 1.29 bits per heavy atom. The van der Waals surface area contributed by atoms with E-state index in [9.17, 15) is 0 Å². The Bertz CT molecular complexity index is 433. The first-order chi connectivity index (χ1) is 8.06. The van der Waals surface area contributed by atoms with Crippen molar-refractivity contribution in [1.82, 2.24) is 0 Å². The van der Waals surface area contributed by atoms with Crippen molar-refractivity contribution in [2.24, 2.45) is 0 Å². The summed E-state index contributed by atoms with van der Waals surface area (Å²) < 4.78 is 0. The summed E-state index contributed by atoms with van der Waals surface area (Å²) in [6, 6.07) is 8.76. The zero-order chi connectivity index (χ0) is 12.9. The minimum atomic E-state index is -0.0267. The molecule has 0 heteroatoms. The molecule has 0 aliphatic rings. The van der Waals surface area contributed by atoms with Crippen LogP contribution in [0, 0.1) is 0 Å². The van der Waals surface area contributed by atoms with E-state index in [4.69, 9.17) is 0 Å². The van der Waals surface area contributed by atoms with Gasteiger partial charge in [0.05, 0.1) is 0 Å². The average Bonchev–Trinajstić information content (AvgIpc) is 2.35. The lowest BCUT2D eigenvalue weighted by atomic mass is 9.77. The van der Waals surface area contributed by atoms with E-state index in [1.807, 2.05) is 18.2 Å². The van der Waals surface area contributed by atoms with Gasteiger partial charge in [-0.15, -0.1) is 0 Å². The van der Waals surface area contributed by atoms with E-state index in [2.05, 4.69) is 58.2 Å². The van der Waals surface area contributed by atoms with Crippen molar-refractivity contribution < 1.29 is 0 Å². The molecule has 0 N–H and O–H groups in total. The molecule has 0 unspecified atom stereocenters. The lowest BCUT2D eigenvalue weighted by Crippen LogP contribution is -2.19. The molecule has 0 nitrogen and oxygen atoms in total. The highest BCUT2D eigenvalue weighted by molar-refractivity contribution is 5.42. The summed E-state index contributed by atoms with van der Waals surface area (Å²) >= 11 is 0. The molecule has 0 atom stereocenters. The predicted octanol–water partition coefficient (Wildman–Crippen LogP) is 4.83. The lowest BCUT2D eigenvalue weighted by Gasteiger charge is -2.27. The normalized spacial score (nSPS) is 12.3. The fourth-order valence-electron chi connectivity index (χ4n) is 2.01. The van der Waals surface area contributed by atoms with E-state index in [0.29, 0.717) is 0 Å². The first-order valence-corrected chi connectivity index (χ1v) is 6.11. The molecular weight excluding hydrogens is 204 g/mol. The van der Waals surface area contributed by atoms with E-state index >= 15 is 0 Å². The van der Waals surface area contributed by atoms with Gasteiger partial charge >= 0.3 is 0 Å². The molecule has 90 valence electrons. The van der Waals surface area contributed by atoms with Gasteiger partial charge in [-0.1, -0.05) is 76.4 Å². The molecule has 0 radical (unpaired) electrons. The average molecular weight is 226 g/mol. The second-order valence-electron chi connectivity index (χ2n) is 4.74. The molecule has 1 aromatic carbocycles. The quantitative estimate of drug-likeness (QED) is 0.631. The minimum Gasteiger partial charge on any atom is -0.0991 e. The Labute approximate surface area is 105 Å². The van der Waals surface area contributed by atoms with Gasteiger partial charge in [0.25, 0.3) is 0 Å². The molecule has 0 amide bonds. The molecule has 17 heavy (non-hydrogen) atoms. The molecule has 0 bridgehead atoms. The first-order valence-electron chi connectivity index (χ1n) is 6.11. The van der Waals surface area contributed by atoms with Crippen LogP contribution in [0.15, 0.2) is 61.2 Å². The van der Waals surface area contributed by atoms with Crippen LogP contribution in [0.4, 0.5) is 0 Å². The van der Waals surface area contributed by atoms with E-state index in [0.717, 1.165) is 6.42 Å². The van der Waals surface area contributed by atoms with Gasteiger partial charge in [0.15, 0.2) is 0 Å². The molecule has 0 saturated heterocycles. The fraction of sp³-hybridized carbons (Fsp3) is 0.294. The number of allylic oxidation sites excluding steroid dienone is 4. The fourth-order valence-corrected chi connectivity index (χ4v) is 2.01. The van der Waals surface area contributed by atoms with Crippen molar-refractivity contribution in [2.75, 3.05) is 0 Å². The highest BCUT2D eigenvalue weighted by Crippen LogP contribution is 2.32. The third-order valence-corrected chi connectivity index (χ3v) is 3.30. The summed E-state index contributed by atoms with van der Waals surface area (Å²) in [5.74, 6) is 0. The third kappa shape index (κ3) is 2.97. The second-order valence-corrected chi connectivity index (χ2v) is 4.74. The van der Waals surface area contributed by atoms with Gasteiger partial charge in [0.1, 0.15) is 0 Å². The molecule has 1 rings (SSSR count). The molecule has 1 aromatic rings. The number of hydrogen-bond acceptors (Lipinski definition) is 0. The predicted molar refractivity (Wildman–Crippen MR) is 77.3 cm³/mol. The monoisotopic (exact) mass is 226 g/mol. The Kier molecular flexibility index (Phi) is 4.51. The topological polar surface area (TPSA) is 0 Å². The number of aryl methyl sites for hydroxylation is 1. The second kappa shape index (κ2) is 5.67. The number of hydrogen-bond donors (Lipinski definition) is 0. The Balaban J connectivity index is 3.23. The zero-order valence-electron chi connectivity index (χ0n) is 11.2. The number of rotatable bonds is 5. The van der Waals surface area contributed by atoms with Crippen molar-refractivity contribution in [3.05, 3.63) is 72.4 Å². The van der Waals surface area contributed by atoms with Crippen LogP contribution in [0.5, 0.6) is 0 Å². The van der Waals surface area contributed by atoms with Crippen LogP contribution >= 0.6 is 0 Å². The number of benzene rings is 1. The summed E-state index contributed by atoms with van der Waals surface area (Å²) in [6.07, 6.45) is 6.84. The van der Waals surface area contributed by atoms with Gasteiger partial charge in [-0.05, 0) is 23.1 Å². The van der Waals surface area contributed by atoms with Crippen LogP contribution in [-0.4, -0.2) is 0 Å². The summed E-state index contributed by atoms with van der Waals surface area (Å²) in [5, 5.41) is 0. The van der Waals surface area contributed by atoms with Crippen LogP contribution in [0.25, 0.3) is 0 Å². The minimum absolute atomic E-state index is 0.0267. The van der Waals surface area contributed by atoms with Crippen molar-refractivity contribution >= 4 is 0 Å². The molecule has 0 aliphatic carbocycles. The maximum absolute atomic E-state index is 3.90. The van der Waals surface area contributed by atoms with Crippen LogP contribution in [0.3, 0.4) is 0 Å². The van der Waals surface area contributed by atoms with Gasteiger partial charge in [0.2, 0.25) is 0 Å². The summed E-state index contributed by atoms with van der Waals surface area (Å²) in [5.41, 5.74) is 3.87. The van der Waals surface area contributed by atoms with E-state index in [1.165, 1.54) is 16.7 Å². The standard InChI is InChI=1S/C17H22/c1-6-10-15(8-3)17(4,5)16-12-9-11-14(7-2)13-16/h6,8-13H,1,3,7H2,2,4-5H3/b15-10+. The SMILES string of the molecule is C=C/C=C(\C=C)C(C)(C)c1cccc(CC)c1. The van der Waals surface area contributed by atoms with Crippen LogP contribution < -0.4 is 0 Å². The Hall–Kier alpha value is -1.56. The van der Waals surface area contributed by atoms with E-state index in [-0.39, 0.29) is 5.41 Å². The Morgan fingerprint density at radius 3 is 2.53 bits per heavy atom.